The Bertz CT molecular complexity index is 1830. The molecule has 3 aromatic carbocycles. The first kappa shape index (κ1) is 29.0. The van der Waals surface area contributed by atoms with Crippen molar-refractivity contribution in [3.8, 4) is 11.5 Å². The monoisotopic (exact) mass is 696 g/mol. The van der Waals surface area contributed by atoms with Gasteiger partial charge in [0.1, 0.15) is 11.5 Å². The van der Waals surface area contributed by atoms with Gasteiger partial charge < -0.3 is 14.2 Å². The molecule has 7 nitrogen and oxygen atoms in total. The maximum atomic E-state index is 14.2. The first-order chi connectivity index (χ1) is 19.9. The number of ether oxygens (including phenoxy) is 3. The zero-order valence-corrected chi connectivity index (χ0v) is 26.5. The van der Waals surface area contributed by atoms with E-state index in [1.807, 2.05) is 73.7 Å². The molecule has 0 amide bonds. The van der Waals surface area contributed by atoms with Crippen molar-refractivity contribution in [2.45, 2.75) is 19.9 Å². The summed E-state index contributed by atoms with van der Waals surface area (Å²) in [6, 6.07) is 19.8. The number of hydrogen-bond donors (Lipinski definition) is 0. The molecule has 0 aliphatic carbocycles. The number of halogens is 2. The van der Waals surface area contributed by atoms with Crippen molar-refractivity contribution >= 4 is 60.9 Å². The number of aromatic nitrogens is 1. The van der Waals surface area contributed by atoms with Crippen LogP contribution in [-0.2, 0) is 9.53 Å². The minimum atomic E-state index is -0.793. The van der Waals surface area contributed by atoms with Crippen LogP contribution in [0.5, 0.6) is 11.5 Å². The summed E-state index contributed by atoms with van der Waals surface area (Å²) < 4.78 is 20.5. The Morgan fingerprint density at radius 2 is 1.83 bits per heavy atom. The predicted octanol–water partition coefficient (Wildman–Crippen LogP) is 5.87. The van der Waals surface area contributed by atoms with Crippen molar-refractivity contribution in [1.82, 2.24) is 4.57 Å². The van der Waals surface area contributed by atoms with E-state index >= 15 is 0 Å². The van der Waals surface area contributed by atoms with E-state index in [1.54, 1.807) is 24.7 Å². The Hall–Kier alpha value is -3.47. The number of esters is 1. The summed E-state index contributed by atoms with van der Waals surface area (Å²) >= 11 is 8.36. The standard InChI is InChI=1S/C31H26Br2N2O5S/c1-4-39-28-20(14-21(32)17-23(28)33)16-24-29(36)35-27(19-12-9-13-22(15-19)38-3)25(30(37)40-5-2)26(34-31(35)41-24)18-10-7-6-8-11-18/h6-17,27H,4-5H2,1-3H3/b24-16-/t27-/m0/s1. The van der Waals surface area contributed by atoms with Crippen LogP contribution >= 0.6 is 43.2 Å². The van der Waals surface area contributed by atoms with Gasteiger partial charge in [-0.2, -0.15) is 0 Å². The van der Waals surface area contributed by atoms with Crippen LogP contribution < -0.4 is 24.4 Å². The molecule has 5 rings (SSSR count). The summed E-state index contributed by atoms with van der Waals surface area (Å²) in [5, 5.41) is 0. The van der Waals surface area contributed by atoms with Crippen LogP contribution in [0.3, 0.4) is 0 Å². The lowest BCUT2D eigenvalue weighted by Gasteiger charge is -2.26. The summed E-state index contributed by atoms with van der Waals surface area (Å²) in [6.07, 6.45) is 1.79. The number of nitrogens with zero attached hydrogens (tertiary/aromatic N) is 2. The average molecular weight is 698 g/mol. The molecule has 2 heterocycles. The van der Waals surface area contributed by atoms with E-state index < -0.39 is 12.0 Å². The highest BCUT2D eigenvalue weighted by atomic mass is 79.9. The molecule has 0 unspecified atom stereocenters. The lowest BCUT2D eigenvalue weighted by molar-refractivity contribution is -0.138. The normalized spacial score (nSPS) is 14.9. The second kappa shape index (κ2) is 12.6. The van der Waals surface area contributed by atoms with Gasteiger partial charge in [-0.25, -0.2) is 9.79 Å². The minimum absolute atomic E-state index is 0.178. The molecule has 0 fully saturated rings. The van der Waals surface area contributed by atoms with Gasteiger partial charge in [-0.05, 0) is 65.7 Å². The summed E-state index contributed by atoms with van der Waals surface area (Å²) in [5.41, 5.74) is 2.63. The van der Waals surface area contributed by atoms with Crippen LogP contribution in [0.1, 0.15) is 36.6 Å². The molecule has 0 saturated heterocycles. The number of fused-ring (bicyclic) bond motifs is 1. The summed E-state index contributed by atoms with van der Waals surface area (Å²) in [7, 11) is 1.58. The molecule has 0 saturated carbocycles. The molecular weight excluding hydrogens is 672 g/mol. The smallest absolute Gasteiger partial charge is 0.338 e. The number of methoxy groups -OCH3 is 1. The number of benzene rings is 3. The number of carbonyl (C=O) groups excluding carboxylic acids is 1. The van der Waals surface area contributed by atoms with Crippen LogP contribution in [0.15, 0.2) is 91.0 Å². The van der Waals surface area contributed by atoms with Gasteiger partial charge in [0.25, 0.3) is 5.56 Å². The molecule has 0 spiro atoms. The molecule has 1 aliphatic rings. The summed E-state index contributed by atoms with van der Waals surface area (Å²) in [6.45, 7) is 4.30. The maximum absolute atomic E-state index is 14.2. The molecule has 0 radical (unpaired) electrons. The number of thiazole rings is 1. The van der Waals surface area contributed by atoms with Gasteiger partial charge in [0.2, 0.25) is 0 Å². The molecule has 4 aromatic rings. The van der Waals surface area contributed by atoms with E-state index in [0.29, 0.717) is 38.7 Å². The largest absolute Gasteiger partial charge is 0.497 e. The van der Waals surface area contributed by atoms with Crippen molar-refractivity contribution in [1.29, 1.82) is 0 Å². The van der Waals surface area contributed by atoms with Crippen molar-refractivity contribution in [3.63, 3.8) is 0 Å². The first-order valence-electron chi connectivity index (χ1n) is 12.9. The SMILES string of the molecule is CCOC(=O)C1=C(c2ccccc2)N=c2s/c(=C\c3cc(Br)cc(Br)c3OCC)c(=O)n2[C@H]1c1cccc(OC)c1. The molecule has 210 valence electrons. The molecule has 1 atom stereocenters. The summed E-state index contributed by atoms with van der Waals surface area (Å²) in [5.74, 6) is 0.696. The van der Waals surface area contributed by atoms with Crippen LogP contribution in [0.2, 0.25) is 0 Å². The fourth-order valence-electron chi connectivity index (χ4n) is 4.69. The summed E-state index contributed by atoms with van der Waals surface area (Å²) in [4.78, 5) is 33.1. The number of carbonyl (C=O) groups is 1. The van der Waals surface area contributed by atoms with E-state index in [0.717, 1.165) is 20.1 Å². The predicted molar refractivity (Wildman–Crippen MR) is 167 cm³/mol. The molecule has 0 N–H and O–H groups in total. The van der Waals surface area contributed by atoms with Gasteiger partial charge in [0.15, 0.2) is 4.80 Å². The zero-order valence-electron chi connectivity index (χ0n) is 22.5. The lowest BCUT2D eigenvalue weighted by atomic mass is 9.93. The van der Waals surface area contributed by atoms with E-state index in [1.165, 1.54) is 11.3 Å². The van der Waals surface area contributed by atoms with Crippen molar-refractivity contribution < 1.29 is 19.0 Å². The second-order valence-corrected chi connectivity index (χ2v) is 11.7. The van der Waals surface area contributed by atoms with Crippen molar-refractivity contribution in [2.24, 2.45) is 4.99 Å². The Labute approximate surface area is 257 Å². The van der Waals surface area contributed by atoms with Gasteiger partial charge in [0.05, 0.1) is 46.6 Å². The highest BCUT2D eigenvalue weighted by Gasteiger charge is 2.35. The van der Waals surface area contributed by atoms with Gasteiger partial charge in [-0.15, -0.1) is 0 Å². The number of hydrogen-bond acceptors (Lipinski definition) is 7. The van der Waals surface area contributed by atoms with Gasteiger partial charge in [-0.3, -0.25) is 9.36 Å². The fraction of sp³-hybridized carbons (Fsp3) is 0.194. The Morgan fingerprint density at radius 1 is 1.05 bits per heavy atom. The topological polar surface area (TPSA) is 79.1 Å². The molecular formula is C31H26Br2N2O5S. The first-order valence-corrected chi connectivity index (χ1v) is 15.3. The zero-order chi connectivity index (χ0) is 29.1. The Morgan fingerprint density at radius 3 is 2.54 bits per heavy atom. The van der Waals surface area contributed by atoms with Gasteiger partial charge in [-0.1, -0.05) is 69.7 Å². The van der Waals surface area contributed by atoms with E-state index in [2.05, 4.69) is 31.9 Å². The quantitative estimate of drug-likeness (QED) is 0.216. The molecule has 0 bridgehead atoms. The number of rotatable bonds is 8. The lowest BCUT2D eigenvalue weighted by Crippen LogP contribution is -2.40. The van der Waals surface area contributed by atoms with Crippen LogP contribution in [-0.4, -0.2) is 30.9 Å². The fourth-order valence-corrected chi connectivity index (χ4v) is 7.06. The average Bonchev–Trinajstić information content (AvgIpc) is 3.28. The van der Waals surface area contributed by atoms with Crippen LogP contribution in [0.4, 0.5) is 0 Å². The third-order valence-corrected chi connectivity index (χ3v) is 8.43. The molecule has 10 heteroatoms. The minimum Gasteiger partial charge on any atom is -0.497 e. The van der Waals surface area contributed by atoms with Crippen molar-refractivity contribution in [2.75, 3.05) is 20.3 Å². The van der Waals surface area contributed by atoms with E-state index in [4.69, 9.17) is 19.2 Å². The van der Waals surface area contributed by atoms with Crippen LogP contribution in [0.25, 0.3) is 11.8 Å². The van der Waals surface area contributed by atoms with Gasteiger partial charge >= 0.3 is 5.97 Å². The molecule has 1 aromatic heterocycles. The maximum Gasteiger partial charge on any atom is 0.338 e. The molecule has 41 heavy (non-hydrogen) atoms. The molecule has 1 aliphatic heterocycles. The van der Waals surface area contributed by atoms with E-state index in [9.17, 15) is 9.59 Å². The third kappa shape index (κ3) is 5.82. The highest BCUT2D eigenvalue weighted by Crippen LogP contribution is 2.37. The third-order valence-electron chi connectivity index (χ3n) is 6.40. The Balaban J connectivity index is 1.85. The van der Waals surface area contributed by atoms with E-state index in [-0.39, 0.29) is 17.7 Å². The Kier molecular flexibility index (Phi) is 8.91. The van der Waals surface area contributed by atoms with Crippen molar-refractivity contribution in [3.05, 3.63) is 118 Å². The van der Waals surface area contributed by atoms with Crippen LogP contribution in [0, 0.1) is 0 Å². The highest BCUT2D eigenvalue weighted by molar-refractivity contribution is 9.11. The van der Waals surface area contributed by atoms with Gasteiger partial charge in [0, 0.05) is 15.6 Å². The second-order valence-electron chi connectivity index (χ2n) is 8.95.